The van der Waals surface area contributed by atoms with Crippen molar-refractivity contribution in [3.63, 3.8) is 0 Å². The molecule has 3 aromatic carbocycles. The lowest BCUT2D eigenvalue weighted by atomic mass is 9.97. The number of amides is 1. The van der Waals surface area contributed by atoms with Crippen LogP contribution in [-0.4, -0.2) is 40.5 Å². The summed E-state index contributed by atoms with van der Waals surface area (Å²) in [5, 5.41) is 34.4. The monoisotopic (exact) mass is 462 g/mol. The number of fused-ring (bicyclic) bond motifs is 3. The number of aryl methyl sites for hydroxylation is 1. The van der Waals surface area contributed by atoms with Gasteiger partial charge < -0.3 is 20.3 Å². The van der Waals surface area contributed by atoms with Crippen LogP contribution in [0.25, 0.3) is 11.1 Å². The molecule has 0 fully saturated rings. The second kappa shape index (κ2) is 10.0. The summed E-state index contributed by atoms with van der Waals surface area (Å²) in [7, 11) is 0. The minimum absolute atomic E-state index is 0.0491. The van der Waals surface area contributed by atoms with Crippen LogP contribution in [0.2, 0.25) is 0 Å². The maximum Gasteiger partial charge on any atom is 0.407 e. The second-order valence-electron chi connectivity index (χ2n) is 8.35. The molecule has 0 spiro atoms. The van der Waals surface area contributed by atoms with E-state index in [0.29, 0.717) is 5.56 Å². The summed E-state index contributed by atoms with van der Waals surface area (Å²) in [6.45, 7) is 1.95. The van der Waals surface area contributed by atoms with Gasteiger partial charge in [-0.2, -0.15) is 0 Å². The van der Waals surface area contributed by atoms with E-state index in [4.69, 9.17) is 4.74 Å². The van der Waals surface area contributed by atoms with E-state index < -0.39 is 23.2 Å². The van der Waals surface area contributed by atoms with E-state index in [1.54, 1.807) is 6.92 Å². The molecule has 3 N–H and O–H groups in total. The van der Waals surface area contributed by atoms with Gasteiger partial charge in [0.05, 0.1) is 11.0 Å². The van der Waals surface area contributed by atoms with Crippen LogP contribution in [0.3, 0.4) is 0 Å². The number of carbonyl (C=O) groups is 1. The van der Waals surface area contributed by atoms with Crippen LogP contribution in [0.4, 0.5) is 10.5 Å². The average Bonchev–Trinajstić information content (AvgIpc) is 3.16. The van der Waals surface area contributed by atoms with E-state index in [9.17, 15) is 25.1 Å². The molecule has 34 heavy (non-hydrogen) atoms. The van der Waals surface area contributed by atoms with Crippen molar-refractivity contribution < 1.29 is 24.7 Å². The molecule has 0 radical (unpaired) electrons. The van der Waals surface area contributed by atoms with Gasteiger partial charge in [0.2, 0.25) is 0 Å². The Hall–Kier alpha value is -3.75. The fourth-order valence-electron chi connectivity index (χ4n) is 4.40. The largest absolute Gasteiger partial charge is 0.449 e. The van der Waals surface area contributed by atoms with Gasteiger partial charge in [-0.1, -0.05) is 54.6 Å². The third-order valence-electron chi connectivity index (χ3n) is 6.21. The standard InChI is InChI=1S/C26H26N2O6/c1-16-10-11-17(28(32)33)14-22(16)25(30)24(29)12-13-27-26(31)34-15-23-20-8-4-2-6-18(20)19-7-3-5-9-21(19)23/h2-11,14,23-25,29-30H,12-13,15H2,1H3,(H,27,31). The van der Waals surface area contributed by atoms with Gasteiger partial charge in [-0.25, -0.2) is 4.79 Å². The molecule has 0 aromatic heterocycles. The summed E-state index contributed by atoms with van der Waals surface area (Å²) >= 11 is 0. The predicted molar refractivity (Wildman–Crippen MR) is 126 cm³/mol. The van der Waals surface area contributed by atoms with Gasteiger partial charge in [0.25, 0.3) is 5.69 Å². The zero-order valence-electron chi connectivity index (χ0n) is 18.7. The third-order valence-corrected chi connectivity index (χ3v) is 6.21. The molecule has 1 amide bonds. The van der Waals surface area contributed by atoms with Crippen LogP contribution in [0.1, 0.15) is 40.7 Å². The molecule has 2 atom stereocenters. The van der Waals surface area contributed by atoms with Crippen molar-refractivity contribution in [3.05, 3.63) is 99.1 Å². The minimum Gasteiger partial charge on any atom is -0.449 e. The molecule has 8 nitrogen and oxygen atoms in total. The maximum absolute atomic E-state index is 12.3. The number of aliphatic hydroxyl groups excluding tert-OH is 2. The Kier molecular flexibility index (Phi) is 6.90. The van der Waals surface area contributed by atoms with E-state index in [1.165, 1.54) is 18.2 Å². The Morgan fingerprint density at radius 1 is 1.06 bits per heavy atom. The number of ether oxygens (including phenoxy) is 1. The SMILES string of the molecule is Cc1ccc([N+](=O)[O-])cc1C(O)C(O)CCNC(=O)OCC1c2ccccc2-c2ccccc21. The summed E-state index contributed by atoms with van der Waals surface area (Å²) in [6, 6.07) is 20.2. The number of hydrogen-bond acceptors (Lipinski definition) is 6. The molecule has 176 valence electrons. The van der Waals surface area contributed by atoms with Crippen molar-refractivity contribution in [2.45, 2.75) is 31.5 Å². The molecule has 2 unspecified atom stereocenters. The lowest BCUT2D eigenvalue weighted by Crippen LogP contribution is -2.30. The van der Waals surface area contributed by atoms with Crippen molar-refractivity contribution in [1.82, 2.24) is 5.32 Å². The summed E-state index contributed by atoms with van der Waals surface area (Å²) in [5.74, 6) is -0.0533. The van der Waals surface area contributed by atoms with Crippen molar-refractivity contribution in [2.75, 3.05) is 13.2 Å². The summed E-state index contributed by atoms with van der Waals surface area (Å²) in [6.07, 6.45) is -3.10. The third kappa shape index (κ3) is 4.78. The molecule has 0 heterocycles. The fourth-order valence-corrected chi connectivity index (χ4v) is 4.40. The number of benzene rings is 3. The predicted octanol–water partition coefficient (Wildman–Crippen LogP) is 4.23. The van der Waals surface area contributed by atoms with E-state index in [2.05, 4.69) is 17.4 Å². The molecule has 1 aliphatic rings. The molecule has 0 aliphatic heterocycles. The lowest BCUT2D eigenvalue weighted by Gasteiger charge is -2.20. The van der Waals surface area contributed by atoms with Crippen molar-refractivity contribution >= 4 is 11.8 Å². The fraction of sp³-hybridized carbons (Fsp3) is 0.269. The van der Waals surface area contributed by atoms with E-state index in [1.807, 2.05) is 36.4 Å². The Labute approximate surface area is 197 Å². The number of nitrogens with one attached hydrogen (secondary N) is 1. The number of aliphatic hydroxyl groups is 2. The van der Waals surface area contributed by atoms with Crippen molar-refractivity contribution in [2.24, 2.45) is 0 Å². The number of rotatable bonds is 8. The van der Waals surface area contributed by atoms with E-state index in [0.717, 1.165) is 22.3 Å². The van der Waals surface area contributed by atoms with Crippen molar-refractivity contribution in [3.8, 4) is 11.1 Å². The van der Waals surface area contributed by atoms with Crippen molar-refractivity contribution in [1.29, 1.82) is 0 Å². The molecular weight excluding hydrogens is 436 g/mol. The van der Waals surface area contributed by atoms with Crippen LogP contribution < -0.4 is 5.32 Å². The normalized spacial score (nSPS) is 14.1. The number of alkyl carbamates (subject to hydrolysis) is 1. The number of carbonyl (C=O) groups excluding carboxylic acids is 1. The van der Waals surface area contributed by atoms with Gasteiger partial charge >= 0.3 is 6.09 Å². The Morgan fingerprint density at radius 2 is 1.68 bits per heavy atom. The van der Waals surface area contributed by atoms with Gasteiger partial charge in [0, 0.05) is 24.6 Å². The Balaban J connectivity index is 1.30. The summed E-state index contributed by atoms with van der Waals surface area (Å²) in [4.78, 5) is 22.7. The first-order chi connectivity index (χ1) is 16.4. The number of nitro benzene ring substituents is 1. The molecule has 0 saturated heterocycles. The quantitative estimate of drug-likeness (QED) is 0.340. The first-order valence-corrected chi connectivity index (χ1v) is 11.1. The van der Waals surface area contributed by atoms with Gasteiger partial charge in [-0.15, -0.1) is 0 Å². The van der Waals surface area contributed by atoms with Gasteiger partial charge in [0.15, 0.2) is 0 Å². The molecule has 3 aromatic rings. The number of nitrogens with zero attached hydrogens (tertiary/aromatic N) is 1. The Bertz CT molecular complexity index is 1170. The molecule has 4 rings (SSSR count). The van der Waals surface area contributed by atoms with Gasteiger partial charge in [0.1, 0.15) is 12.7 Å². The lowest BCUT2D eigenvalue weighted by molar-refractivity contribution is -0.385. The second-order valence-corrected chi connectivity index (χ2v) is 8.35. The number of hydrogen-bond donors (Lipinski definition) is 3. The van der Waals surface area contributed by atoms with Crippen LogP contribution in [0, 0.1) is 17.0 Å². The first kappa shape index (κ1) is 23.4. The highest BCUT2D eigenvalue weighted by Gasteiger charge is 2.29. The highest BCUT2D eigenvalue weighted by atomic mass is 16.6. The number of nitro groups is 1. The molecule has 0 saturated carbocycles. The summed E-state index contributed by atoms with van der Waals surface area (Å²) in [5.41, 5.74) is 5.25. The van der Waals surface area contributed by atoms with E-state index >= 15 is 0 Å². The van der Waals surface area contributed by atoms with Crippen LogP contribution in [0.5, 0.6) is 0 Å². The minimum atomic E-state index is -1.32. The molecule has 0 bridgehead atoms. The van der Waals surface area contributed by atoms with Crippen LogP contribution >= 0.6 is 0 Å². The molecule has 1 aliphatic carbocycles. The van der Waals surface area contributed by atoms with Crippen LogP contribution in [0.15, 0.2) is 66.7 Å². The average molecular weight is 463 g/mol. The van der Waals surface area contributed by atoms with Gasteiger partial charge in [-0.05, 0) is 46.7 Å². The van der Waals surface area contributed by atoms with E-state index in [-0.39, 0.29) is 36.7 Å². The van der Waals surface area contributed by atoms with Crippen LogP contribution in [-0.2, 0) is 4.74 Å². The topological polar surface area (TPSA) is 122 Å². The summed E-state index contributed by atoms with van der Waals surface area (Å²) < 4.78 is 5.46. The highest BCUT2D eigenvalue weighted by Crippen LogP contribution is 2.44. The molecule has 8 heteroatoms. The zero-order valence-corrected chi connectivity index (χ0v) is 18.7. The smallest absolute Gasteiger partial charge is 0.407 e. The Morgan fingerprint density at radius 3 is 2.29 bits per heavy atom. The number of non-ortho nitro benzene ring substituents is 1. The molecular formula is C26H26N2O6. The van der Waals surface area contributed by atoms with Gasteiger partial charge in [-0.3, -0.25) is 10.1 Å². The zero-order chi connectivity index (χ0) is 24.2. The highest BCUT2D eigenvalue weighted by molar-refractivity contribution is 5.79. The maximum atomic E-state index is 12.3. The first-order valence-electron chi connectivity index (χ1n) is 11.1.